The number of azo groups is 1. The summed E-state index contributed by atoms with van der Waals surface area (Å²) < 4.78 is 65.4. The number of anilines is 1. The Morgan fingerprint density at radius 3 is 1.79 bits per heavy atom. The van der Waals surface area contributed by atoms with Gasteiger partial charge in [0.1, 0.15) is 20.2 Å². The average molecular weight is 378 g/mol. The van der Waals surface area contributed by atoms with Gasteiger partial charge in [0.05, 0.1) is 21.2 Å². The molecule has 0 amide bonds. The standard InChI is InChI=1S/C12H11N3O6S2.Na/c13-11-6-3-9(7-12(11)23(19,20)21)15-14-8-1-4-10(5-2-8)22(16,17)18;/h1-7H,13H2,(H,16,17,18)(H,19,20,21);/q;+1/p-2. The van der Waals surface area contributed by atoms with E-state index in [0.29, 0.717) is 0 Å². The molecule has 24 heavy (non-hydrogen) atoms. The molecule has 2 rings (SSSR count). The first kappa shape index (κ1) is 20.7. The van der Waals surface area contributed by atoms with E-state index >= 15 is 0 Å². The molecule has 0 spiro atoms. The average Bonchev–Trinajstić information content (AvgIpc) is 2.44. The maximum absolute atomic E-state index is 11.0. The molecule has 0 radical (unpaired) electrons. The van der Waals surface area contributed by atoms with E-state index < -0.39 is 30.0 Å². The molecule has 0 heterocycles. The van der Waals surface area contributed by atoms with Crippen LogP contribution in [0.3, 0.4) is 0 Å². The number of nitrogens with two attached hydrogens (primary N) is 1. The third-order valence-electron chi connectivity index (χ3n) is 2.67. The van der Waals surface area contributed by atoms with Gasteiger partial charge in [0.15, 0.2) is 0 Å². The predicted octanol–water partition coefficient (Wildman–Crippen LogP) is -1.50. The minimum absolute atomic E-state index is 0. The van der Waals surface area contributed by atoms with Gasteiger partial charge in [0.2, 0.25) is 0 Å². The number of nitrogens with zero attached hydrogens (tertiary/aromatic N) is 2. The van der Waals surface area contributed by atoms with Crippen molar-refractivity contribution in [1.82, 2.24) is 0 Å². The van der Waals surface area contributed by atoms with Crippen LogP contribution in [0.2, 0.25) is 0 Å². The van der Waals surface area contributed by atoms with Gasteiger partial charge in [0, 0.05) is 5.69 Å². The summed E-state index contributed by atoms with van der Waals surface area (Å²) in [4.78, 5) is -1.02. The molecule has 0 saturated carbocycles. The van der Waals surface area contributed by atoms with Gasteiger partial charge in [-0.05, 0) is 42.5 Å². The first-order chi connectivity index (χ1) is 10.6. The molecular weight excluding hydrogens is 369 g/mol. The fraction of sp³-hybridized carbons (Fsp3) is 0. The SMILES string of the molecule is Nc1ccc(N=Nc2ccc(S(=O)(=O)[O-])cc2)cc1S(=O)(=O)[O-].[Na+]. The van der Waals surface area contributed by atoms with E-state index in [1.165, 1.54) is 24.3 Å². The Bertz CT molecular complexity index is 972. The Morgan fingerprint density at radius 2 is 1.29 bits per heavy atom. The number of hydrogen-bond donors (Lipinski definition) is 1. The van der Waals surface area contributed by atoms with Crippen LogP contribution in [0.4, 0.5) is 17.1 Å². The van der Waals surface area contributed by atoms with Crippen LogP contribution >= 0.6 is 0 Å². The smallest absolute Gasteiger partial charge is 0.744 e. The third-order valence-corrected chi connectivity index (χ3v) is 4.41. The molecule has 0 aliphatic carbocycles. The van der Waals surface area contributed by atoms with E-state index in [1.807, 2.05) is 0 Å². The van der Waals surface area contributed by atoms with Gasteiger partial charge in [-0.1, -0.05) is 0 Å². The van der Waals surface area contributed by atoms with E-state index in [9.17, 15) is 25.9 Å². The van der Waals surface area contributed by atoms with Crippen LogP contribution < -0.4 is 35.3 Å². The number of hydrogen-bond acceptors (Lipinski definition) is 9. The Labute approximate surface area is 160 Å². The summed E-state index contributed by atoms with van der Waals surface area (Å²) in [5.41, 5.74) is 5.48. The van der Waals surface area contributed by atoms with Crippen molar-refractivity contribution >= 4 is 37.3 Å². The monoisotopic (exact) mass is 378 g/mol. The van der Waals surface area contributed by atoms with Crippen LogP contribution in [0, 0.1) is 0 Å². The van der Waals surface area contributed by atoms with E-state index in [4.69, 9.17) is 5.73 Å². The van der Waals surface area contributed by atoms with Gasteiger partial charge in [-0.2, -0.15) is 10.2 Å². The first-order valence-electron chi connectivity index (χ1n) is 5.90. The molecule has 0 bridgehead atoms. The summed E-state index contributed by atoms with van der Waals surface area (Å²) in [5.74, 6) is 0. The molecule has 9 nitrogen and oxygen atoms in total. The summed E-state index contributed by atoms with van der Waals surface area (Å²) in [5, 5.41) is 7.47. The molecule has 0 aliphatic heterocycles. The molecule has 0 aliphatic rings. The fourth-order valence-electron chi connectivity index (χ4n) is 1.60. The van der Waals surface area contributed by atoms with Crippen LogP contribution in [-0.4, -0.2) is 25.9 Å². The van der Waals surface area contributed by atoms with Crippen molar-refractivity contribution in [2.75, 3.05) is 5.73 Å². The summed E-state index contributed by atoms with van der Waals surface area (Å²) >= 11 is 0. The normalized spacial score (nSPS) is 12.1. The predicted molar refractivity (Wildman–Crippen MR) is 77.4 cm³/mol. The van der Waals surface area contributed by atoms with E-state index in [0.717, 1.165) is 18.2 Å². The van der Waals surface area contributed by atoms with Crippen LogP contribution in [0.15, 0.2) is 62.5 Å². The first-order valence-corrected chi connectivity index (χ1v) is 8.72. The molecule has 0 saturated heterocycles. The molecule has 0 aromatic heterocycles. The van der Waals surface area contributed by atoms with Crippen molar-refractivity contribution in [1.29, 1.82) is 0 Å². The Morgan fingerprint density at radius 1 is 0.792 bits per heavy atom. The summed E-state index contributed by atoms with van der Waals surface area (Å²) in [7, 11) is -9.29. The van der Waals surface area contributed by atoms with Crippen molar-refractivity contribution in [3.8, 4) is 0 Å². The molecule has 0 fully saturated rings. The molecule has 2 aromatic carbocycles. The van der Waals surface area contributed by atoms with Gasteiger partial charge in [-0.15, -0.1) is 0 Å². The largest absolute Gasteiger partial charge is 1.00 e. The molecule has 0 atom stereocenters. The molecule has 122 valence electrons. The third kappa shape index (κ3) is 5.34. The van der Waals surface area contributed by atoms with E-state index in [2.05, 4.69) is 10.2 Å². The zero-order valence-electron chi connectivity index (χ0n) is 12.3. The van der Waals surface area contributed by atoms with Gasteiger partial charge in [-0.3, -0.25) is 0 Å². The minimum atomic E-state index is -4.74. The number of benzene rings is 2. The van der Waals surface area contributed by atoms with Crippen molar-refractivity contribution in [2.24, 2.45) is 10.2 Å². The van der Waals surface area contributed by atoms with Crippen LogP contribution in [-0.2, 0) is 20.2 Å². The van der Waals surface area contributed by atoms with E-state index in [1.54, 1.807) is 0 Å². The van der Waals surface area contributed by atoms with Crippen LogP contribution in [0.1, 0.15) is 0 Å². The Balaban J connectivity index is 0.00000288. The van der Waals surface area contributed by atoms with Crippen molar-refractivity contribution < 1.29 is 55.5 Å². The van der Waals surface area contributed by atoms with Gasteiger partial charge in [0.25, 0.3) is 0 Å². The molecule has 0 unspecified atom stereocenters. The molecule has 2 N–H and O–H groups in total. The van der Waals surface area contributed by atoms with Crippen molar-refractivity contribution in [2.45, 2.75) is 9.79 Å². The minimum Gasteiger partial charge on any atom is -0.744 e. The fourth-order valence-corrected chi connectivity index (χ4v) is 2.69. The van der Waals surface area contributed by atoms with Gasteiger partial charge >= 0.3 is 29.6 Å². The maximum atomic E-state index is 11.0. The molecule has 2 aromatic rings. The zero-order chi connectivity index (χ0) is 17.3. The second-order valence-corrected chi connectivity index (χ2v) is 7.05. The second kappa shape index (κ2) is 7.70. The zero-order valence-corrected chi connectivity index (χ0v) is 15.9. The Kier molecular flexibility index (Phi) is 6.64. The summed E-state index contributed by atoms with van der Waals surface area (Å²) in [6, 6.07) is 8.14. The van der Waals surface area contributed by atoms with Gasteiger partial charge < -0.3 is 14.8 Å². The van der Waals surface area contributed by atoms with E-state index in [-0.39, 0.29) is 46.6 Å². The second-order valence-electron chi connectivity index (χ2n) is 4.32. The summed E-state index contributed by atoms with van der Waals surface area (Å²) in [6.07, 6.45) is 0. The number of rotatable bonds is 4. The van der Waals surface area contributed by atoms with Gasteiger partial charge in [-0.25, -0.2) is 16.8 Å². The quantitative estimate of drug-likeness (QED) is 0.292. The summed E-state index contributed by atoms with van der Waals surface area (Å²) in [6.45, 7) is 0. The number of nitrogen functional groups attached to an aromatic ring is 1. The van der Waals surface area contributed by atoms with Crippen LogP contribution in [0.5, 0.6) is 0 Å². The molecule has 12 heteroatoms. The topological polar surface area (TPSA) is 165 Å². The molecular formula is C12H9N3NaO6S2-. The van der Waals surface area contributed by atoms with Crippen molar-refractivity contribution in [3.05, 3.63) is 42.5 Å². The van der Waals surface area contributed by atoms with Crippen molar-refractivity contribution in [3.63, 3.8) is 0 Å². The van der Waals surface area contributed by atoms with Crippen LogP contribution in [0.25, 0.3) is 0 Å². The maximum Gasteiger partial charge on any atom is 1.00 e. The Hall–Kier alpha value is -1.34.